The van der Waals surface area contributed by atoms with Crippen molar-refractivity contribution in [3.05, 3.63) is 12.7 Å². The number of hydrogen-bond donors (Lipinski definition) is 0. The third-order valence-electron chi connectivity index (χ3n) is 2.51. The van der Waals surface area contributed by atoms with E-state index in [1.165, 1.54) is 6.08 Å². The summed E-state index contributed by atoms with van der Waals surface area (Å²) in [7, 11) is -1.78. The van der Waals surface area contributed by atoms with Gasteiger partial charge in [0, 0.05) is 24.8 Å². The second-order valence-corrected chi connectivity index (χ2v) is 6.18. The second-order valence-electron chi connectivity index (χ2n) is 3.73. The van der Waals surface area contributed by atoms with E-state index in [0.717, 1.165) is 6.42 Å². The predicted octanol–water partition coefficient (Wildman–Crippen LogP) is 2.18. The zero-order chi connectivity index (χ0) is 13.3. The summed E-state index contributed by atoms with van der Waals surface area (Å²) in [6, 6.07) is 0. The molecule has 0 aromatic heterocycles. The maximum absolute atomic E-state index is 11.2. The molecule has 0 aliphatic rings. The van der Waals surface area contributed by atoms with E-state index in [2.05, 4.69) is 6.58 Å². The van der Waals surface area contributed by atoms with Crippen molar-refractivity contribution in [1.29, 1.82) is 0 Å². The van der Waals surface area contributed by atoms with Gasteiger partial charge in [0.1, 0.15) is 6.10 Å². The zero-order valence-electron chi connectivity index (χ0n) is 11.3. The molecule has 2 atom stereocenters. The van der Waals surface area contributed by atoms with Crippen molar-refractivity contribution in [3.63, 3.8) is 0 Å². The van der Waals surface area contributed by atoms with Crippen LogP contribution in [0.25, 0.3) is 0 Å². The molecule has 0 radical (unpaired) electrons. The van der Waals surface area contributed by atoms with E-state index in [0.29, 0.717) is 13.2 Å². The Labute approximate surface area is 106 Å². The monoisotopic (exact) mass is 260 g/mol. The molecule has 0 bridgehead atoms. The molecular weight excluding hydrogens is 236 g/mol. The summed E-state index contributed by atoms with van der Waals surface area (Å²) in [6.45, 7) is 12.6. The molecule has 0 rings (SSSR count). The van der Waals surface area contributed by atoms with Gasteiger partial charge in [-0.2, -0.15) is 0 Å². The van der Waals surface area contributed by atoms with Crippen LogP contribution in [0, 0.1) is 0 Å². The lowest BCUT2D eigenvalue weighted by molar-refractivity contribution is -0.143. The van der Waals surface area contributed by atoms with Crippen molar-refractivity contribution in [1.82, 2.24) is 0 Å². The van der Waals surface area contributed by atoms with Crippen LogP contribution in [-0.4, -0.2) is 34.6 Å². The minimum Gasteiger partial charge on any atom is -0.459 e. The van der Waals surface area contributed by atoms with Crippen molar-refractivity contribution < 1.29 is 18.4 Å². The molecule has 0 aromatic rings. The molecule has 4 nitrogen and oxygen atoms in total. The van der Waals surface area contributed by atoms with Gasteiger partial charge in [0.05, 0.1) is 0 Å². The Bertz CT molecular complexity index is 227. The number of rotatable bonds is 9. The predicted molar refractivity (Wildman–Crippen MR) is 70.2 cm³/mol. The lowest BCUT2D eigenvalue weighted by Crippen LogP contribution is -2.36. The lowest BCUT2D eigenvalue weighted by atomic mass is 10.2. The van der Waals surface area contributed by atoms with Crippen molar-refractivity contribution in [3.8, 4) is 0 Å². The fourth-order valence-corrected chi connectivity index (χ4v) is 3.68. The summed E-state index contributed by atoms with van der Waals surface area (Å²) in [4.78, 5) is 11.2. The first-order valence-electron chi connectivity index (χ1n) is 6.16. The fourth-order valence-electron chi connectivity index (χ4n) is 1.62. The summed E-state index contributed by atoms with van der Waals surface area (Å²) >= 11 is 0. The van der Waals surface area contributed by atoms with Crippen LogP contribution in [-0.2, 0) is 18.4 Å². The molecule has 0 saturated heterocycles. The SMILES string of the molecule is C=CC(=O)OC(CC)C(C)[SiH](OCC)OCC. The quantitative estimate of drug-likeness (QED) is 0.362. The third kappa shape index (κ3) is 6.00. The van der Waals surface area contributed by atoms with Crippen LogP contribution >= 0.6 is 0 Å². The number of carbonyl (C=O) groups is 1. The van der Waals surface area contributed by atoms with Crippen molar-refractivity contribution >= 4 is 15.3 Å². The van der Waals surface area contributed by atoms with Crippen LogP contribution in [0.2, 0.25) is 5.54 Å². The summed E-state index contributed by atoms with van der Waals surface area (Å²) in [5.41, 5.74) is 0.129. The Hall–Kier alpha value is -0.653. The van der Waals surface area contributed by atoms with E-state index in [9.17, 15) is 4.79 Å². The van der Waals surface area contributed by atoms with Crippen molar-refractivity contribution in [2.24, 2.45) is 0 Å². The number of carbonyl (C=O) groups excluding carboxylic acids is 1. The van der Waals surface area contributed by atoms with Crippen molar-refractivity contribution in [2.75, 3.05) is 13.2 Å². The van der Waals surface area contributed by atoms with Crippen LogP contribution in [0.3, 0.4) is 0 Å². The number of esters is 1. The maximum Gasteiger partial charge on any atom is 0.330 e. The molecule has 0 heterocycles. The second kappa shape index (κ2) is 9.38. The highest BCUT2D eigenvalue weighted by Crippen LogP contribution is 2.22. The van der Waals surface area contributed by atoms with Gasteiger partial charge in [-0.3, -0.25) is 0 Å². The molecule has 0 aliphatic heterocycles. The first-order chi connectivity index (χ1) is 8.10. The molecule has 100 valence electrons. The van der Waals surface area contributed by atoms with Gasteiger partial charge in [0.15, 0.2) is 0 Å². The molecule has 0 fully saturated rings. The molecule has 2 unspecified atom stereocenters. The lowest BCUT2D eigenvalue weighted by Gasteiger charge is -2.27. The molecule has 0 saturated carbocycles. The van der Waals surface area contributed by atoms with E-state index in [4.69, 9.17) is 13.6 Å². The minimum absolute atomic E-state index is 0.129. The highest BCUT2D eigenvalue weighted by molar-refractivity contribution is 6.46. The Morgan fingerprint density at radius 2 is 1.82 bits per heavy atom. The molecular formula is C12H24O4Si. The minimum atomic E-state index is -1.78. The van der Waals surface area contributed by atoms with E-state index in [1.54, 1.807) is 0 Å². The molecule has 0 amide bonds. The maximum atomic E-state index is 11.2. The average molecular weight is 260 g/mol. The van der Waals surface area contributed by atoms with Crippen LogP contribution in [0.15, 0.2) is 12.7 Å². The zero-order valence-corrected chi connectivity index (χ0v) is 12.4. The Morgan fingerprint density at radius 1 is 1.29 bits per heavy atom. The third-order valence-corrected chi connectivity index (χ3v) is 5.13. The normalized spacial score (nSPS) is 14.4. The van der Waals surface area contributed by atoms with Crippen LogP contribution in [0.1, 0.15) is 34.1 Å². The van der Waals surface area contributed by atoms with Gasteiger partial charge in [-0.25, -0.2) is 4.79 Å². The smallest absolute Gasteiger partial charge is 0.330 e. The highest BCUT2D eigenvalue weighted by atomic mass is 28.3. The van der Waals surface area contributed by atoms with Crippen molar-refractivity contribution in [2.45, 2.75) is 45.8 Å². The number of ether oxygens (including phenoxy) is 1. The van der Waals surface area contributed by atoms with Gasteiger partial charge in [-0.05, 0) is 20.3 Å². The molecule has 0 aromatic carbocycles. The number of hydrogen-bond acceptors (Lipinski definition) is 4. The van der Waals surface area contributed by atoms with E-state index in [1.807, 2.05) is 27.7 Å². The van der Waals surface area contributed by atoms with Crippen LogP contribution in [0.5, 0.6) is 0 Å². The highest BCUT2D eigenvalue weighted by Gasteiger charge is 2.30. The largest absolute Gasteiger partial charge is 0.459 e. The molecule has 0 spiro atoms. The summed E-state index contributed by atoms with van der Waals surface area (Å²) in [5, 5.41) is 0. The molecule has 0 aliphatic carbocycles. The van der Waals surface area contributed by atoms with Gasteiger partial charge < -0.3 is 13.6 Å². The summed E-state index contributed by atoms with van der Waals surface area (Å²) < 4.78 is 16.6. The molecule has 0 N–H and O–H groups in total. The van der Waals surface area contributed by atoms with E-state index < -0.39 is 9.28 Å². The van der Waals surface area contributed by atoms with Gasteiger partial charge in [-0.15, -0.1) is 0 Å². The Balaban J connectivity index is 4.49. The van der Waals surface area contributed by atoms with E-state index >= 15 is 0 Å². The first kappa shape index (κ1) is 16.3. The van der Waals surface area contributed by atoms with Gasteiger partial charge in [0.2, 0.25) is 0 Å². The summed E-state index contributed by atoms with van der Waals surface area (Å²) in [5.74, 6) is -0.385. The van der Waals surface area contributed by atoms with Gasteiger partial charge in [0.25, 0.3) is 0 Å². The first-order valence-corrected chi connectivity index (χ1v) is 7.77. The Morgan fingerprint density at radius 3 is 2.18 bits per heavy atom. The summed E-state index contributed by atoms with van der Waals surface area (Å²) in [6.07, 6.45) is 1.78. The van der Waals surface area contributed by atoms with E-state index in [-0.39, 0.29) is 17.6 Å². The average Bonchev–Trinajstić information content (AvgIpc) is 2.34. The Kier molecular flexibility index (Phi) is 9.02. The fraction of sp³-hybridized carbons (Fsp3) is 0.750. The molecule has 5 heteroatoms. The van der Waals surface area contributed by atoms with Crippen LogP contribution in [0.4, 0.5) is 0 Å². The standard InChI is InChI=1S/C12H24O4Si/c1-6-11(16-12(13)7-2)10(5)17(14-8-3)15-9-4/h7,10-11,17H,2,6,8-9H2,1,3-5H3. The van der Waals surface area contributed by atoms with Gasteiger partial charge in [-0.1, -0.05) is 20.4 Å². The van der Waals surface area contributed by atoms with Crippen LogP contribution < -0.4 is 0 Å². The topological polar surface area (TPSA) is 44.8 Å². The molecule has 17 heavy (non-hydrogen) atoms. The van der Waals surface area contributed by atoms with Gasteiger partial charge >= 0.3 is 15.3 Å².